The summed E-state index contributed by atoms with van der Waals surface area (Å²) in [5, 5.41) is 9.18. The van der Waals surface area contributed by atoms with Gasteiger partial charge < -0.3 is 9.67 Å². The highest BCUT2D eigenvalue weighted by Gasteiger charge is 2.65. The lowest BCUT2D eigenvalue weighted by molar-refractivity contribution is -0.179. The van der Waals surface area contributed by atoms with E-state index in [1.54, 1.807) is 0 Å². The SMILES string of the molecule is Cc1nc2cccc(C(=O)O)c2n1C1(C(F)(F)F)CC1. The molecule has 0 bridgehead atoms. The quantitative estimate of drug-likeness (QED) is 0.922. The molecule has 1 heterocycles. The lowest BCUT2D eigenvalue weighted by Gasteiger charge is -2.23. The van der Waals surface area contributed by atoms with Crippen molar-refractivity contribution in [2.24, 2.45) is 0 Å². The number of carboxylic acid groups (broad SMARTS) is 1. The number of alkyl halides is 3. The van der Waals surface area contributed by atoms with Gasteiger partial charge in [-0.05, 0) is 31.9 Å². The Labute approximate surface area is 111 Å². The molecular weight excluding hydrogens is 273 g/mol. The molecule has 1 fully saturated rings. The number of aryl methyl sites for hydroxylation is 1. The van der Waals surface area contributed by atoms with Crippen molar-refractivity contribution < 1.29 is 23.1 Å². The molecule has 20 heavy (non-hydrogen) atoms. The van der Waals surface area contributed by atoms with Crippen LogP contribution in [0.2, 0.25) is 0 Å². The summed E-state index contributed by atoms with van der Waals surface area (Å²) >= 11 is 0. The maximum Gasteiger partial charge on any atom is 0.412 e. The smallest absolute Gasteiger partial charge is 0.412 e. The van der Waals surface area contributed by atoms with Gasteiger partial charge in [-0.25, -0.2) is 9.78 Å². The molecule has 0 unspecified atom stereocenters. The number of aromatic carboxylic acids is 1. The summed E-state index contributed by atoms with van der Waals surface area (Å²) in [5.41, 5.74) is -1.83. The average molecular weight is 284 g/mol. The van der Waals surface area contributed by atoms with Gasteiger partial charge in [0, 0.05) is 0 Å². The molecule has 0 atom stereocenters. The van der Waals surface area contributed by atoms with E-state index in [0.29, 0.717) is 0 Å². The van der Waals surface area contributed by atoms with Crippen LogP contribution >= 0.6 is 0 Å². The van der Waals surface area contributed by atoms with Gasteiger partial charge in [0.2, 0.25) is 0 Å². The highest BCUT2D eigenvalue weighted by atomic mass is 19.4. The third kappa shape index (κ3) is 1.55. The number of imidazole rings is 1. The number of rotatable bonds is 2. The molecular formula is C13H11F3N2O2. The Hall–Kier alpha value is -2.05. The van der Waals surface area contributed by atoms with Crippen molar-refractivity contribution in [3.63, 3.8) is 0 Å². The zero-order valence-electron chi connectivity index (χ0n) is 10.5. The first-order chi connectivity index (χ1) is 9.28. The minimum Gasteiger partial charge on any atom is -0.478 e. The van der Waals surface area contributed by atoms with Crippen molar-refractivity contribution in [3.8, 4) is 0 Å². The lowest BCUT2D eigenvalue weighted by atomic mass is 10.1. The number of hydrogen-bond donors (Lipinski definition) is 1. The summed E-state index contributed by atoms with van der Waals surface area (Å²) in [5.74, 6) is -1.07. The molecule has 0 radical (unpaired) electrons. The van der Waals surface area contributed by atoms with E-state index in [9.17, 15) is 23.1 Å². The van der Waals surface area contributed by atoms with E-state index in [0.717, 1.165) is 4.57 Å². The summed E-state index contributed by atoms with van der Waals surface area (Å²) < 4.78 is 41.0. The molecule has 7 heteroatoms. The van der Waals surface area contributed by atoms with E-state index in [1.807, 2.05) is 0 Å². The second-order valence-electron chi connectivity index (χ2n) is 5.00. The number of nitrogens with zero attached hydrogens (tertiary/aromatic N) is 2. The number of carbonyl (C=O) groups is 1. The van der Waals surface area contributed by atoms with Gasteiger partial charge in [0.05, 0.1) is 16.6 Å². The molecule has 1 N–H and O–H groups in total. The summed E-state index contributed by atoms with van der Waals surface area (Å²) in [6, 6.07) is 4.31. The van der Waals surface area contributed by atoms with E-state index < -0.39 is 17.7 Å². The van der Waals surface area contributed by atoms with Gasteiger partial charge in [-0.2, -0.15) is 13.2 Å². The van der Waals surface area contributed by atoms with Crippen molar-refractivity contribution >= 4 is 17.0 Å². The molecule has 0 saturated heterocycles. The predicted octanol–water partition coefficient (Wildman–Crippen LogP) is 3.09. The Morgan fingerprint density at radius 2 is 2.05 bits per heavy atom. The molecule has 1 aromatic carbocycles. The monoisotopic (exact) mass is 284 g/mol. The highest BCUT2D eigenvalue weighted by molar-refractivity contribution is 6.01. The first-order valence-corrected chi connectivity index (χ1v) is 6.06. The van der Waals surface area contributed by atoms with Crippen LogP contribution in [0.4, 0.5) is 13.2 Å². The summed E-state index contributed by atoms with van der Waals surface area (Å²) in [7, 11) is 0. The van der Waals surface area contributed by atoms with Crippen molar-refractivity contribution in [2.75, 3.05) is 0 Å². The van der Waals surface area contributed by atoms with Crippen LogP contribution in [0.3, 0.4) is 0 Å². The summed E-state index contributed by atoms with van der Waals surface area (Å²) in [4.78, 5) is 15.3. The summed E-state index contributed by atoms with van der Waals surface area (Å²) in [6.45, 7) is 1.47. The zero-order valence-corrected chi connectivity index (χ0v) is 10.5. The van der Waals surface area contributed by atoms with E-state index in [1.165, 1.54) is 25.1 Å². The fourth-order valence-electron chi connectivity index (χ4n) is 2.69. The Morgan fingerprint density at radius 1 is 1.40 bits per heavy atom. The Balaban J connectivity index is 2.37. The molecule has 106 valence electrons. The molecule has 0 aliphatic heterocycles. The van der Waals surface area contributed by atoms with E-state index in [4.69, 9.17) is 0 Å². The van der Waals surface area contributed by atoms with Crippen molar-refractivity contribution in [2.45, 2.75) is 31.5 Å². The van der Waals surface area contributed by atoms with Gasteiger partial charge in [-0.3, -0.25) is 0 Å². The zero-order chi connectivity index (χ0) is 14.7. The van der Waals surface area contributed by atoms with Crippen molar-refractivity contribution in [1.29, 1.82) is 0 Å². The van der Waals surface area contributed by atoms with Crippen LogP contribution in [0, 0.1) is 6.92 Å². The fourth-order valence-corrected chi connectivity index (χ4v) is 2.69. The largest absolute Gasteiger partial charge is 0.478 e. The number of benzene rings is 1. The molecule has 0 spiro atoms. The molecule has 3 rings (SSSR count). The molecule has 1 aromatic heterocycles. The molecule has 1 saturated carbocycles. The molecule has 1 aliphatic carbocycles. The standard InChI is InChI=1S/C13H11F3N2O2/c1-7-17-9-4-2-3-8(11(19)20)10(9)18(7)12(5-6-12)13(14,15)16/h2-4H,5-6H2,1H3,(H,19,20). The number of halogens is 3. The minimum atomic E-state index is -4.42. The number of fused-ring (bicyclic) bond motifs is 1. The number of aromatic nitrogens is 2. The van der Waals surface area contributed by atoms with Gasteiger partial charge in [-0.15, -0.1) is 0 Å². The van der Waals surface area contributed by atoms with Crippen molar-refractivity contribution in [1.82, 2.24) is 9.55 Å². The first kappa shape index (κ1) is 13.0. The lowest BCUT2D eigenvalue weighted by Crippen LogP contribution is -2.35. The van der Waals surface area contributed by atoms with Gasteiger partial charge in [0.15, 0.2) is 0 Å². The van der Waals surface area contributed by atoms with E-state index in [-0.39, 0.29) is 35.3 Å². The maximum atomic E-state index is 13.3. The van der Waals surface area contributed by atoms with E-state index >= 15 is 0 Å². The van der Waals surface area contributed by atoms with Crippen LogP contribution in [0.1, 0.15) is 29.0 Å². The predicted molar refractivity (Wildman–Crippen MR) is 64.7 cm³/mol. The van der Waals surface area contributed by atoms with Crippen LogP contribution in [0.25, 0.3) is 11.0 Å². The maximum absolute atomic E-state index is 13.3. The van der Waals surface area contributed by atoms with Crippen molar-refractivity contribution in [3.05, 3.63) is 29.6 Å². The molecule has 1 aliphatic rings. The minimum absolute atomic E-state index is 0.0449. The highest BCUT2D eigenvalue weighted by Crippen LogP contribution is 2.57. The molecule has 4 nitrogen and oxygen atoms in total. The van der Waals surface area contributed by atoms with Crippen LogP contribution in [-0.2, 0) is 5.54 Å². The molecule has 0 amide bonds. The Bertz CT molecular complexity index is 714. The topological polar surface area (TPSA) is 55.1 Å². The second kappa shape index (κ2) is 3.74. The van der Waals surface area contributed by atoms with Gasteiger partial charge in [0.1, 0.15) is 11.4 Å². The van der Waals surface area contributed by atoms with Gasteiger partial charge >= 0.3 is 12.1 Å². The molecule has 2 aromatic rings. The normalized spacial score (nSPS) is 17.4. The Morgan fingerprint density at radius 3 is 2.55 bits per heavy atom. The van der Waals surface area contributed by atoms with Crippen LogP contribution in [0.5, 0.6) is 0 Å². The number of carboxylic acids is 1. The average Bonchev–Trinajstić information content (AvgIpc) is 3.06. The summed E-state index contributed by atoms with van der Waals surface area (Å²) in [6.07, 6.45) is -4.51. The van der Waals surface area contributed by atoms with Gasteiger partial charge in [0.25, 0.3) is 0 Å². The Kier molecular flexibility index (Phi) is 2.42. The van der Waals surface area contributed by atoms with Gasteiger partial charge in [-0.1, -0.05) is 6.07 Å². The van der Waals surface area contributed by atoms with Crippen LogP contribution in [0.15, 0.2) is 18.2 Å². The second-order valence-corrected chi connectivity index (χ2v) is 5.00. The van der Waals surface area contributed by atoms with Crippen LogP contribution < -0.4 is 0 Å². The van der Waals surface area contributed by atoms with E-state index in [2.05, 4.69) is 4.98 Å². The number of para-hydroxylation sites is 1. The number of hydrogen-bond acceptors (Lipinski definition) is 2. The van der Waals surface area contributed by atoms with Crippen LogP contribution in [-0.4, -0.2) is 26.8 Å². The third-order valence-corrected chi connectivity index (χ3v) is 3.75. The fraction of sp³-hybridized carbons (Fsp3) is 0.385. The first-order valence-electron chi connectivity index (χ1n) is 6.06. The third-order valence-electron chi connectivity index (χ3n) is 3.75.